The van der Waals surface area contributed by atoms with Gasteiger partial charge in [0.15, 0.2) is 0 Å². The van der Waals surface area contributed by atoms with Crippen LogP contribution in [-0.4, -0.2) is 17.1 Å². The summed E-state index contributed by atoms with van der Waals surface area (Å²) in [5.41, 5.74) is 8.32. The molecule has 0 unspecified atom stereocenters. The van der Waals surface area contributed by atoms with Gasteiger partial charge < -0.3 is 10.5 Å². The summed E-state index contributed by atoms with van der Waals surface area (Å²) in [5, 5.41) is 9.24. The van der Waals surface area contributed by atoms with Crippen molar-refractivity contribution in [2.24, 2.45) is 0 Å². The second-order valence-electron chi connectivity index (χ2n) is 5.02. The fraction of sp³-hybridized carbons (Fsp3) is 0.0556. The second kappa shape index (κ2) is 6.34. The summed E-state index contributed by atoms with van der Waals surface area (Å²) < 4.78 is 19.0. The number of pyridine rings is 2. The van der Waals surface area contributed by atoms with Gasteiger partial charge in [0.25, 0.3) is 0 Å². The molecule has 3 aromatic rings. The third-order valence-corrected chi connectivity index (χ3v) is 3.56. The SMILES string of the molecule is COc1ccncc1-c1cc(C#N)c(N)nc1-c1cccc(F)c1. The van der Waals surface area contributed by atoms with Crippen molar-refractivity contribution in [1.29, 1.82) is 5.26 Å². The number of benzene rings is 1. The molecule has 2 N–H and O–H groups in total. The Labute approximate surface area is 138 Å². The zero-order valence-corrected chi connectivity index (χ0v) is 12.8. The van der Waals surface area contributed by atoms with E-state index in [1.165, 1.54) is 19.2 Å². The largest absolute Gasteiger partial charge is 0.496 e. The lowest BCUT2D eigenvalue weighted by molar-refractivity contribution is 0.416. The van der Waals surface area contributed by atoms with Crippen molar-refractivity contribution >= 4 is 5.82 Å². The van der Waals surface area contributed by atoms with Crippen LogP contribution in [0.25, 0.3) is 22.4 Å². The van der Waals surface area contributed by atoms with E-state index in [0.29, 0.717) is 28.1 Å². The van der Waals surface area contributed by atoms with Gasteiger partial charge in [-0.3, -0.25) is 4.98 Å². The number of hydrogen-bond acceptors (Lipinski definition) is 5. The molecule has 3 rings (SSSR count). The number of rotatable bonds is 3. The lowest BCUT2D eigenvalue weighted by Gasteiger charge is -2.14. The van der Waals surface area contributed by atoms with Crippen LogP contribution in [0.2, 0.25) is 0 Å². The smallest absolute Gasteiger partial charge is 0.142 e. The third kappa shape index (κ3) is 2.75. The van der Waals surface area contributed by atoms with Crippen LogP contribution < -0.4 is 10.5 Å². The number of hydrogen-bond donors (Lipinski definition) is 1. The number of aromatic nitrogens is 2. The van der Waals surface area contributed by atoms with Gasteiger partial charge in [0, 0.05) is 29.1 Å². The van der Waals surface area contributed by atoms with Crippen molar-refractivity contribution in [3.05, 3.63) is 60.2 Å². The van der Waals surface area contributed by atoms with Crippen molar-refractivity contribution in [3.63, 3.8) is 0 Å². The van der Waals surface area contributed by atoms with Crippen molar-refractivity contribution in [1.82, 2.24) is 9.97 Å². The number of nitrogens with two attached hydrogens (primary N) is 1. The van der Waals surface area contributed by atoms with Gasteiger partial charge in [0.05, 0.1) is 18.4 Å². The van der Waals surface area contributed by atoms with Crippen molar-refractivity contribution in [2.75, 3.05) is 12.8 Å². The van der Waals surface area contributed by atoms with Gasteiger partial charge >= 0.3 is 0 Å². The molecule has 0 aliphatic rings. The molecule has 0 atom stereocenters. The van der Waals surface area contributed by atoms with E-state index >= 15 is 0 Å². The topological polar surface area (TPSA) is 84.8 Å². The molecule has 118 valence electrons. The third-order valence-electron chi connectivity index (χ3n) is 3.56. The van der Waals surface area contributed by atoms with E-state index < -0.39 is 0 Å². The molecule has 2 heterocycles. The minimum absolute atomic E-state index is 0.0865. The standard InChI is InChI=1S/C18H13FN4O/c1-24-16-5-6-22-10-15(16)14-8-12(9-20)18(21)23-17(14)11-3-2-4-13(19)7-11/h2-8,10H,1H3,(H2,21,23). The first kappa shape index (κ1) is 15.4. The fourth-order valence-corrected chi connectivity index (χ4v) is 2.44. The highest BCUT2D eigenvalue weighted by Crippen LogP contribution is 2.37. The Balaban J connectivity index is 2.33. The summed E-state index contributed by atoms with van der Waals surface area (Å²) in [4.78, 5) is 8.42. The van der Waals surface area contributed by atoms with Gasteiger partial charge in [0.1, 0.15) is 23.5 Å². The zero-order valence-electron chi connectivity index (χ0n) is 12.8. The van der Waals surface area contributed by atoms with Crippen molar-refractivity contribution < 1.29 is 9.13 Å². The summed E-state index contributed by atoms with van der Waals surface area (Å²) in [6, 6.07) is 11.3. The number of nitrogens with zero attached hydrogens (tertiary/aromatic N) is 3. The van der Waals surface area contributed by atoms with Crippen molar-refractivity contribution in [2.45, 2.75) is 0 Å². The molecule has 0 bridgehead atoms. The lowest BCUT2D eigenvalue weighted by atomic mass is 9.98. The van der Waals surface area contributed by atoms with Crippen LogP contribution in [0.3, 0.4) is 0 Å². The molecule has 0 spiro atoms. The molecule has 6 heteroatoms. The summed E-state index contributed by atoms with van der Waals surface area (Å²) in [5.74, 6) is 0.266. The number of methoxy groups -OCH3 is 1. The Morgan fingerprint density at radius 1 is 1.21 bits per heavy atom. The Kier molecular flexibility index (Phi) is 4.08. The fourth-order valence-electron chi connectivity index (χ4n) is 2.44. The maximum atomic E-state index is 13.6. The summed E-state index contributed by atoms with van der Waals surface area (Å²) >= 11 is 0. The van der Waals surface area contributed by atoms with Crippen molar-refractivity contribution in [3.8, 4) is 34.2 Å². The Morgan fingerprint density at radius 3 is 2.75 bits per heavy atom. The minimum atomic E-state index is -0.388. The average Bonchev–Trinajstić information content (AvgIpc) is 2.61. The van der Waals surface area contributed by atoms with Gasteiger partial charge in [-0.15, -0.1) is 0 Å². The normalized spacial score (nSPS) is 10.2. The van der Waals surface area contributed by atoms with E-state index in [4.69, 9.17) is 10.5 Å². The first-order valence-electron chi connectivity index (χ1n) is 7.09. The number of anilines is 1. The molecule has 24 heavy (non-hydrogen) atoms. The highest BCUT2D eigenvalue weighted by Gasteiger charge is 2.17. The van der Waals surface area contributed by atoms with Crippen LogP contribution in [0.4, 0.5) is 10.2 Å². The predicted octanol–water partition coefficient (Wildman–Crippen LogP) is 3.41. The molecule has 0 amide bonds. The monoisotopic (exact) mass is 320 g/mol. The predicted molar refractivity (Wildman–Crippen MR) is 88.5 cm³/mol. The van der Waals surface area contributed by atoms with Crippen LogP contribution in [-0.2, 0) is 0 Å². The Bertz CT molecular complexity index is 950. The van der Waals surface area contributed by atoms with E-state index in [1.807, 2.05) is 6.07 Å². The highest BCUT2D eigenvalue weighted by atomic mass is 19.1. The quantitative estimate of drug-likeness (QED) is 0.799. The molecule has 0 fully saturated rings. The highest BCUT2D eigenvalue weighted by molar-refractivity contribution is 5.85. The summed E-state index contributed by atoms with van der Waals surface area (Å²) in [6.45, 7) is 0. The lowest BCUT2D eigenvalue weighted by Crippen LogP contribution is -2.00. The molecule has 2 aromatic heterocycles. The van der Waals surface area contributed by atoms with Crippen LogP contribution in [0.1, 0.15) is 5.56 Å². The maximum Gasteiger partial charge on any atom is 0.142 e. The number of ether oxygens (including phenoxy) is 1. The molecule has 0 saturated heterocycles. The number of halogens is 1. The molecule has 5 nitrogen and oxygen atoms in total. The van der Waals surface area contributed by atoms with Gasteiger partial charge in [-0.2, -0.15) is 5.26 Å². The van der Waals surface area contributed by atoms with Crippen LogP contribution in [0, 0.1) is 17.1 Å². The van der Waals surface area contributed by atoms with Crippen LogP contribution >= 0.6 is 0 Å². The molecular weight excluding hydrogens is 307 g/mol. The molecular formula is C18H13FN4O. The van der Waals surface area contributed by atoms with Gasteiger partial charge in [0.2, 0.25) is 0 Å². The van der Waals surface area contributed by atoms with Crippen LogP contribution in [0.5, 0.6) is 5.75 Å². The summed E-state index contributed by atoms with van der Waals surface area (Å²) in [6.07, 6.45) is 3.20. The van der Waals surface area contributed by atoms with Gasteiger partial charge in [-0.1, -0.05) is 12.1 Å². The minimum Gasteiger partial charge on any atom is -0.496 e. The van der Waals surface area contributed by atoms with E-state index in [2.05, 4.69) is 9.97 Å². The number of nitriles is 1. The van der Waals surface area contributed by atoms with E-state index in [1.54, 1.807) is 36.7 Å². The second-order valence-corrected chi connectivity index (χ2v) is 5.02. The molecule has 1 aromatic carbocycles. The molecule has 0 saturated carbocycles. The van der Waals surface area contributed by atoms with Gasteiger partial charge in [-0.05, 0) is 24.3 Å². The Hall–Kier alpha value is -3.46. The molecule has 0 radical (unpaired) electrons. The van der Waals surface area contributed by atoms with E-state index in [9.17, 15) is 9.65 Å². The summed E-state index contributed by atoms with van der Waals surface area (Å²) in [7, 11) is 1.54. The van der Waals surface area contributed by atoms with E-state index in [0.717, 1.165) is 0 Å². The molecule has 0 aliphatic heterocycles. The Morgan fingerprint density at radius 2 is 2.04 bits per heavy atom. The average molecular weight is 320 g/mol. The van der Waals surface area contributed by atoms with E-state index in [-0.39, 0.29) is 17.2 Å². The first-order chi connectivity index (χ1) is 11.6. The van der Waals surface area contributed by atoms with Gasteiger partial charge in [-0.25, -0.2) is 9.37 Å². The first-order valence-corrected chi connectivity index (χ1v) is 7.09. The molecule has 0 aliphatic carbocycles. The zero-order chi connectivity index (χ0) is 17.1. The number of nitrogen functional groups attached to an aromatic ring is 1. The maximum absolute atomic E-state index is 13.6. The van der Waals surface area contributed by atoms with Crippen LogP contribution in [0.15, 0.2) is 48.8 Å².